The van der Waals surface area contributed by atoms with Crippen molar-refractivity contribution < 1.29 is 0 Å². The molecule has 0 aliphatic carbocycles. The molecule has 1 aromatic heterocycles. The Bertz CT molecular complexity index is 299. The van der Waals surface area contributed by atoms with Crippen molar-refractivity contribution >= 4 is 17.4 Å². The Morgan fingerprint density at radius 2 is 2.00 bits per heavy atom. The highest BCUT2D eigenvalue weighted by Gasteiger charge is 2.13. The van der Waals surface area contributed by atoms with Crippen LogP contribution in [0, 0.1) is 5.92 Å². The molecule has 0 aromatic carbocycles. The second-order valence-electron chi connectivity index (χ2n) is 3.38. The highest BCUT2D eigenvalue weighted by molar-refractivity contribution is 6.29. The van der Waals surface area contributed by atoms with Crippen molar-refractivity contribution in [2.75, 3.05) is 5.73 Å². The van der Waals surface area contributed by atoms with Crippen molar-refractivity contribution in [1.29, 1.82) is 0 Å². The topological polar surface area (TPSA) is 64.9 Å². The molecule has 4 N–H and O–H groups in total. The van der Waals surface area contributed by atoms with Crippen molar-refractivity contribution in [3.8, 4) is 0 Å². The Hall–Kier alpha value is -0.800. The van der Waals surface area contributed by atoms with Gasteiger partial charge in [0.15, 0.2) is 0 Å². The molecule has 0 aliphatic rings. The molecule has 1 heterocycles. The van der Waals surface area contributed by atoms with Crippen molar-refractivity contribution in [1.82, 2.24) is 4.98 Å². The van der Waals surface area contributed by atoms with E-state index in [1.165, 1.54) is 0 Å². The number of nitrogen functional groups attached to an aromatic ring is 1. The summed E-state index contributed by atoms with van der Waals surface area (Å²) in [5.41, 5.74) is 12.5. The van der Waals surface area contributed by atoms with E-state index in [1.54, 1.807) is 6.07 Å². The van der Waals surface area contributed by atoms with E-state index in [2.05, 4.69) is 4.98 Å². The van der Waals surface area contributed by atoms with E-state index < -0.39 is 0 Å². The molecule has 0 spiro atoms. The van der Waals surface area contributed by atoms with Gasteiger partial charge in [0.1, 0.15) is 11.0 Å². The zero-order valence-corrected chi connectivity index (χ0v) is 8.55. The lowest BCUT2D eigenvalue weighted by Gasteiger charge is -2.17. The molecule has 0 unspecified atom stereocenters. The van der Waals surface area contributed by atoms with Crippen LogP contribution in [0.4, 0.5) is 5.82 Å². The summed E-state index contributed by atoms with van der Waals surface area (Å²) in [6.45, 7) is 4.08. The van der Waals surface area contributed by atoms with Gasteiger partial charge in [-0.2, -0.15) is 0 Å². The smallest absolute Gasteiger partial charge is 0.131 e. The summed E-state index contributed by atoms with van der Waals surface area (Å²) in [4.78, 5) is 3.94. The van der Waals surface area contributed by atoms with E-state index >= 15 is 0 Å². The standard InChI is InChI=1S/C9H14ClN3/c1-5(2)8(11)6-3-4-7(10)13-9(6)12/h3-5,8H,11H2,1-2H3,(H2,12,13)/t8-/m0/s1. The Kier molecular flexibility index (Phi) is 3.12. The van der Waals surface area contributed by atoms with E-state index in [1.807, 2.05) is 19.9 Å². The predicted octanol–water partition coefficient (Wildman–Crippen LogP) is 1.97. The third kappa shape index (κ3) is 2.32. The molecule has 1 rings (SSSR count). The van der Waals surface area contributed by atoms with Crippen LogP contribution in [0.3, 0.4) is 0 Å². The fourth-order valence-electron chi connectivity index (χ4n) is 1.10. The van der Waals surface area contributed by atoms with Crippen molar-refractivity contribution in [2.24, 2.45) is 11.7 Å². The first kappa shape index (κ1) is 10.3. The Morgan fingerprint density at radius 3 is 2.46 bits per heavy atom. The number of nitrogens with two attached hydrogens (primary N) is 2. The average Bonchev–Trinajstić information content (AvgIpc) is 2.03. The SMILES string of the molecule is CC(C)[C@H](N)c1ccc(Cl)nc1N. The van der Waals surface area contributed by atoms with E-state index in [0.29, 0.717) is 16.9 Å². The maximum absolute atomic E-state index is 5.93. The minimum Gasteiger partial charge on any atom is -0.383 e. The van der Waals surface area contributed by atoms with E-state index in [4.69, 9.17) is 23.1 Å². The molecule has 0 saturated carbocycles. The Labute approximate surface area is 83.1 Å². The monoisotopic (exact) mass is 199 g/mol. The summed E-state index contributed by atoms with van der Waals surface area (Å²) in [6, 6.07) is 3.45. The number of rotatable bonds is 2. The first-order valence-electron chi connectivity index (χ1n) is 4.20. The van der Waals surface area contributed by atoms with Gasteiger partial charge in [-0.15, -0.1) is 0 Å². The lowest BCUT2D eigenvalue weighted by Crippen LogP contribution is -2.18. The number of halogens is 1. The normalized spacial score (nSPS) is 13.3. The first-order chi connectivity index (χ1) is 6.02. The van der Waals surface area contributed by atoms with Gasteiger partial charge in [-0.1, -0.05) is 31.5 Å². The van der Waals surface area contributed by atoms with Crippen LogP contribution in [0.2, 0.25) is 5.15 Å². The van der Waals surface area contributed by atoms with Crippen LogP contribution in [-0.4, -0.2) is 4.98 Å². The van der Waals surface area contributed by atoms with Crippen molar-refractivity contribution in [3.63, 3.8) is 0 Å². The van der Waals surface area contributed by atoms with Gasteiger partial charge in [-0.25, -0.2) is 4.98 Å². The highest BCUT2D eigenvalue weighted by Crippen LogP contribution is 2.24. The number of pyridine rings is 1. The fourth-order valence-corrected chi connectivity index (χ4v) is 1.26. The molecule has 0 amide bonds. The maximum atomic E-state index is 5.93. The summed E-state index contributed by atoms with van der Waals surface area (Å²) < 4.78 is 0. The van der Waals surface area contributed by atoms with Gasteiger partial charge in [0.25, 0.3) is 0 Å². The molecule has 72 valence electrons. The average molecular weight is 200 g/mol. The van der Waals surface area contributed by atoms with Crippen LogP contribution >= 0.6 is 11.6 Å². The van der Waals surface area contributed by atoms with E-state index in [0.717, 1.165) is 5.56 Å². The van der Waals surface area contributed by atoms with E-state index in [-0.39, 0.29) is 6.04 Å². The van der Waals surface area contributed by atoms with Crippen LogP contribution < -0.4 is 11.5 Å². The zero-order valence-electron chi connectivity index (χ0n) is 7.79. The lowest BCUT2D eigenvalue weighted by atomic mass is 9.98. The molecule has 4 heteroatoms. The second kappa shape index (κ2) is 3.94. The van der Waals surface area contributed by atoms with Gasteiger partial charge < -0.3 is 11.5 Å². The summed E-state index contributed by atoms with van der Waals surface area (Å²) in [7, 11) is 0. The van der Waals surface area contributed by atoms with Gasteiger partial charge in [0, 0.05) is 11.6 Å². The molecule has 3 nitrogen and oxygen atoms in total. The fraction of sp³-hybridized carbons (Fsp3) is 0.444. The third-order valence-corrected chi connectivity index (χ3v) is 2.21. The summed E-state index contributed by atoms with van der Waals surface area (Å²) in [5.74, 6) is 0.763. The summed E-state index contributed by atoms with van der Waals surface area (Å²) in [5, 5.41) is 0.400. The lowest BCUT2D eigenvalue weighted by molar-refractivity contribution is 0.514. The van der Waals surface area contributed by atoms with Crippen LogP contribution in [0.5, 0.6) is 0 Å². The molecular formula is C9H14ClN3. The number of anilines is 1. The molecule has 0 radical (unpaired) electrons. The van der Waals surface area contributed by atoms with Crippen molar-refractivity contribution in [2.45, 2.75) is 19.9 Å². The molecule has 1 aromatic rings. The molecule has 1 atom stereocenters. The quantitative estimate of drug-likeness (QED) is 0.716. The molecule has 0 aliphatic heterocycles. The van der Waals surface area contributed by atoms with Crippen LogP contribution in [0.1, 0.15) is 25.5 Å². The second-order valence-corrected chi connectivity index (χ2v) is 3.77. The highest BCUT2D eigenvalue weighted by atomic mass is 35.5. The zero-order chi connectivity index (χ0) is 10.0. The van der Waals surface area contributed by atoms with Gasteiger partial charge in [0.05, 0.1) is 0 Å². The van der Waals surface area contributed by atoms with Gasteiger partial charge >= 0.3 is 0 Å². The maximum Gasteiger partial charge on any atom is 0.131 e. The molecule has 0 saturated heterocycles. The Balaban J connectivity index is 3.01. The largest absolute Gasteiger partial charge is 0.383 e. The Morgan fingerprint density at radius 1 is 1.38 bits per heavy atom. The molecule has 0 bridgehead atoms. The van der Waals surface area contributed by atoms with Crippen LogP contribution in [0.25, 0.3) is 0 Å². The molecule has 13 heavy (non-hydrogen) atoms. The minimum atomic E-state index is -0.0789. The van der Waals surface area contributed by atoms with Crippen LogP contribution in [-0.2, 0) is 0 Å². The van der Waals surface area contributed by atoms with Gasteiger partial charge in [0.2, 0.25) is 0 Å². The van der Waals surface area contributed by atoms with Gasteiger partial charge in [-0.3, -0.25) is 0 Å². The van der Waals surface area contributed by atoms with Crippen molar-refractivity contribution in [3.05, 3.63) is 22.8 Å². The van der Waals surface area contributed by atoms with E-state index in [9.17, 15) is 0 Å². The summed E-state index contributed by atoms with van der Waals surface area (Å²) >= 11 is 5.67. The first-order valence-corrected chi connectivity index (χ1v) is 4.57. The van der Waals surface area contributed by atoms with Crippen LogP contribution in [0.15, 0.2) is 12.1 Å². The van der Waals surface area contributed by atoms with Gasteiger partial charge in [-0.05, 0) is 12.0 Å². The minimum absolute atomic E-state index is 0.0789. The number of hydrogen-bond acceptors (Lipinski definition) is 3. The number of aromatic nitrogens is 1. The molecular weight excluding hydrogens is 186 g/mol. The molecule has 0 fully saturated rings. The number of hydrogen-bond donors (Lipinski definition) is 2. The predicted molar refractivity (Wildman–Crippen MR) is 55.4 cm³/mol. The summed E-state index contributed by atoms with van der Waals surface area (Å²) in [6.07, 6.45) is 0. The third-order valence-electron chi connectivity index (χ3n) is 2.00. The number of nitrogens with zero attached hydrogens (tertiary/aromatic N) is 1.